The van der Waals surface area contributed by atoms with Crippen molar-refractivity contribution in [2.45, 2.75) is 70.3 Å². The van der Waals surface area contributed by atoms with Crippen LogP contribution < -0.4 is 5.73 Å². The van der Waals surface area contributed by atoms with Crippen molar-refractivity contribution in [3.05, 3.63) is 0 Å². The molecule has 0 amide bonds. The van der Waals surface area contributed by atoms with Crippen LogP contribution in [0.5, 0.6) is 0 Å². The summed E-state index contributed by atoms with van der Waals surface area (Å²) in [6.45, 7) is 2.51. The minimum atomic E-state index is -3.30. The van der Waals surface area contributed by atoms with E-state index in [0.717, 1.165) is 51.4 Å². The molecule has 5 nitrogen and oxygen atoms in total. The van der Waals surface area contributed by atoms with Crippen LogP contribution in [-0.4, -0.2) is 49.2 Å². The Morgan fingerprint density at radius 3 is 2.10 bits per heavy atom. The SMILES string of the molecule is NCCCN(C1CCCCCC1)S(=O)(=O)N1CCCCC1. The van der Waals surface area contributed by atoms with Crippen LogP contribution >= 0.6 is 0 Å². The van der Waals surface area contributed by atoms with E-state index in [9.17, 15) is 8.42 Å². The van der Waals surface area contributed by atoms with Crippen LogP contribution in [0.2, 0.25) is 0 Å². The number of hydrogen-bond acceptors (Lipinski definition) is 3. The van der Waals surface area contributed by atoms with Gasteiger partial charge in [-0.15, -0.1) is 0 Å². The van der Waals surface area contributed by atoms with Gasteiger partial charge in [0.05, 0.1) is 0 Å². The highest BCUT2D eigenvalue weighted by atomic mass is 32.2. The lowest BCUT2D eigenvalue weighted by Crippen LogP contribution is -2.50. The van der Waals surface area contributed by atoms with E-state index in [1.54, 1.807) is 8.61 Å². The second-order valence-electron chi connectivity index (χ2n) is 6.37. The molecule has 6 heteroatoms. The number of nitrogens with zero attached hydrogens (tertiary/aromatic N) is 2. The van der Waals surface area contributed by atoms with Gasteiger partial charge in [-0.3, -0.25) is 0 Å². The molecule has 1 saturated heterocycles. The molecule has 2 aliphatic rings. The molecule has 1 heterocycles. The van der Waals surface area contributed by atoms with Crippen LogP contribution in [0.3, 0.4) is 0 Å². The highest BCUT2D eigenvalue weighted by Crippen LogP contribution is 2.26. The van der Waals surface area contributed by atoms with Crippen molar-refractivity contribution in [3.8, 4) is 0 Å². The minimum absolute atomic E-state index is 0.186. The fourth-order valence-corrected chi connectivity index (χ4v) is 5.49. The van der Waals surface area contributed by atoms with Gasteiger partial charge in [0.2, 0.25) is 0 Å². The Kier molecular flexibility index (Phi) is 6.92. The molecular weight excluding hydrogens is 286 g/mol. The summed E-state index contributed by atoms with van der Waals surface area (Å²) in [6.07, 6.45) is 10.7. The molecule has 2 N–H and O–H groups in total. The first-order valence-electron chi connectivity index (χ1n) is 8.63. The molecule has 0 aromatic carbocycles. The molecule has 0 aromatic heterocycles. The molecule has 124 valence electrons. The minimum Gasteiger partial charge on any atom is -0.330 e. The van der Waals surface area contributed by atoms with E-state index in [1.165, 1.54) is 12.8 Å². The first kappa shape index (κ1) is 17.2. The topological polar surface area (TPSA) is 66.6 Å². The molecule has 21 heavy (non-hydrogen) atoms. The second kappa shape index (κ2) is 8.46. The average Bonchev–Trinajstić information content (AvgIpc) is 2.77. The summed E-state index contributed by atoms with van der Waals surface area (Å²) >= 11 is 0. The summed E-state index contributed by atoms with van der Waals surface area (Å²) in [6, 6.07) is 0.186. The lowest BCUT2D eigenvalue weighted by Gasteiger charge is -2.36. The first-order valence-corrected chi connectivity index (χ1v) is 10.0. The van der Waals surface area contributed by atoms with Crippen LogP contribution in [0.15, 0.2) is 0 Å². The lowest BCUT2D eigenvalue weighted by molar-refractivity contribution is 0.249. The third-order valence-corrected chi connectivity index (χ3v) is 6.84. The van der Waals surface area contributed by atoms with E-state index in [1.807, 2.05) is 0 Å². The maximum absolute atomic E-state index is 13.0. The predicted molar refractivity (Wildman–Crippen MR) is 86.2 cm³/mol. The maximum atomic E-state index is 13.0. The average molecular weight is 317 g/mol. The van der Waals surface area contributed by atoms with Crippen LogP contribution in [0.1, 0.15) is 64.2 Å². The van der Waals surface area contributed by atoms with Crippen molar-refractivity contribution in [2.75, 3.05) is 26.2 Å². The molecule has 0 spiro atoms. The zero-order valence-electron chi connectivity index (χ0n) is 13.2. The van der Waals surface area contributed by atoms with Crippen molar-refractivity contribution in [1.29, 1.82) is 0 Å². The zero-order valence-corrected chi connectivity index (χ0v) is 14.0. The van der Waals surface area contributed by atoms with E-state index in [0.29, 0.717) is 26.2 Å². The van der Waals surface area contributed by atoms with Crippen molar-refractivity contribution in [3.63, 3.8) is 0 Å². The second-order valence-corrected chi connectivity index (χ2v) is 8.25. The Morgan fingerprint density at radius 1 is 0.952 bits per heavy atom. The Hall–Kier alpha value is -0.170. The van der Waals surface area contributed by atoms with Crippen molar-refractivity contribution >= 4 is 10.2 Å². The molecular formula is C15H31N3O2S. The van der Waals surface area contributed by atoms with Crippen molar-refractivity contribution in [1.82, 2.24) is 8.61 Å². The fraction of sp³-hybridized carbons (Fsp3) is 1.00. The molecule has 1 saturated carbocycles. The summed E-state index contributed by atoms with van der Waals surface area (Å²) in [5.74, 6) is 0. The largest absolute Gasteiger partial charge is 0.330 e. The molecule has 0 atom stereocenters. The summed E-state index contributed by atoms with van der Waals surface area (Å²) in [4.78, 5) is 0. The molecule has 0 bridgehead atoms. The van der Waals surface area contributed by atoms with E-state index in [2.05, 4.69) is 0 Å². The van der Waals surface area contributed by atoms with E-state index in [-0.39, 0.29) is 6.04 Å². The molecule has 0 unspecified atom stereocenters. The van der Waals surface area contributed by atoms with Crippen LogP contribution in [-0.2, 0) is 10.2 Å². The first-order chi connectivity index (χ1) is 10.2. The Labute approximate surface area is 130 Å². The number of rotatable bonds is 6. The number of nitrogens with two attached hydrogens (primary N) is 1. The molecule has 1 aliphatic heterocycles. The molecule has 1 aliphatic carbocycles. The standard InChI is InChI=1S/C15H31N3O2S/c16-11-8-14-18(15-9-4-1-2-5-10-15)21(19,20)17-12-6-3-7-13-17/h15H,1-14,16H2. The van der Waals surface area contributed by atoms with Gasteiger partial charge in [-0.2, -0.15) is 17.0 Å². The number of hydrogen-bond donors (Lipinski definition) is 1. The van der Waals surface area contributed by atoms with E-state index in [4.69, 9.17) is 5.73 Å². The maximum Gasteiger partial charge on any atom is 0.282 e. The summed E-state index contributed by atoms with van der Waals surface area (Å²) in [7, 11) is -3.30. The monoisotopic (exact) mass is 317 g/mol. The molecule has 0 radical (unpaired) electrons. The van der Waals surface area contributed by atoms with Crippen molar-refractivity contribution in [2.24, 2.45) is 5.73 Å². The van der Waals surface area contributed by atoms with Gasteiger partial charge < -0.3 is 5.73 Å². The Morgan fingerprint density at radius 2 is 1.52 bits per heavy atom. The van der Waals surface area contributed by atoms with Gasteiger partial charge in [-0.25, -0.2) is 0 Å². The third-order valence-electron chi connectivity index (χ3n) is 4.75. The normalized spacial score (nSPS) is 23.3. The van der Waals surface area contributed by atoms with Gasteiger partial charge in [0, 0.05) is 25.7 Å². The van der Waals surface area contributed by atoms with Crippen LogP contribution in [0.25, 0.3) is 0 Å². The van der Waals surface area contributed by atoms with Crippen molar-refractivity contribution < 1.29 is 8.42 Å². The molecule has 2 fully saturated rings. The lowest BCUT2D eigenvalue weighted by atomic mass is 10.1. The van der Waals surface area contributed by atoms with Crippen LogP contribution in [0.4, 0.5) is 0 Å². The van der Waals surface area contributed by atoms with E-state index >= 15 is 0 Å². The van der Waals surface area contributed by atoms with E-state index < -0.39 is 10.2 Å². The highest BCUT2D eigenvalue weighted by molar-refractivity contribution is 7.86. The van der Waals surface area contributed by atoms with Gasteiger partial charge in [0.1, 0.15) is 0 Å². The Balaban J connectivity index is 2.12. The number of piperidine rings is 1. The molecule has 2 rings (SSSR count). The third kappa shape index (κ3) is 4.65. The van der Waals surface area contributed by atoms with Crippen LogP contribution in [0, 0.1) is 0 Å². The predicted octanol–water partition coefficient (Wildman–Crippen LogP) is 2.09. The summed E-state index contributed by atoms with van der Waals surface area (Å²) in [5.41, 5.74) is 5.62. The van der Waals surface area contributed by atoms with Gasteiger partial charge in [0.15, 0.2) is 0 Å². The van der Waals surface area contributed by atoms with Gasteiger partial charge in [-0.05, 0) is 38.6 Å². The van der Waals surface area contributed by atoms with Gasteiger partial charge in [0.25, 0.3) is 10.2 Å². The molecule has 0 aromatic rings. The quantitative estimate of drug-likeness (QED) is 0.763. The summed E-state index contributed by atoms with van der Waals surface area (Å²) in [5, 5.41) is 0. The smallest absolute Gasteiger partial charge is 0.282 e. The highest BCUT2D eigenvalue weighted by Gasteiger charge is 2.35. The summed E-state index contributed by atoms with van der Waals surface area (Å²) < 4.78 is 29.5. The fourth-order valence-electron chi connectivity index (χ4n) is 3.52. The van der Waals surface area contributed by atoms with Gasteiger partial charge >= 0.3 is 0 Å². The Bertz CT molecular complexity index is 386. The van der Waals surface area contributed by atoms with Gasteiger partial charge in [-0.1, -0.05) is 32.1 Å². The zero-order chi connectivity index (χ0) is 15.1.